The molecule has 0 spiro atoms. The van der Waals surface area contributed by atoms with E-state index in [2.05, 4.69) is 15.3 Å². The van der Waals surface area contributed by atoms with Gasteiger partial charge in [-0.1, -0.05) is 23.4 Å². The number of nitrogens with one attached hydrogen (secondary N) is 1. The molecule has 0 aliphatic heterocycles. The van der Waals surface area contributed by atoms with Crippen molar-refractivity contribution < 1.29 is 0 Å². The molecule has 0 fully saturated rings. The van der Waals surface area contributed by atoms with Crippen molar-refractivity contribution in [1.29, 1.82) is 0 Å². The number of rotatable bonds is 2. The third kappa shape index (κ3) is 2.06. The highest BCUT2D eigenvalue weighted by molar-refractivity contribution is 5.60. The van der Waals surface area contributed by atoms with Crippen molar-refractivity contribution in [3.05, 3.63) is 64.7 Å². The predicted molar refractivity (Wildman–Crippen MR) is 72.2 cm³/mol. The number of aromatic amines is 1. The predicted octanol–water partition coefficient (Wildman–Crippen LogP) is 1.93. The van der Waals surface area contributed by atoms with Crippen LogP contribution in [0, 0.1) is 6.92 Å². The third-order valence-electron chi connectivity index (χ3n) is 2.93. The molecule has 3 aromatic rings. The lowest BCUT2D eigenvalue weighted by Crippen LogP contribution is -2.09. The molecule has 19 heavy (non-hydrogen) atoms. The van der Waals surface area contributed by atoms with Gasteiger partial charge in [-0.3, -0.25) is 4.79 Å². The third-order valence-corrected chi connectivity index (χ3v) is 2.93. The molecule has 1 N–H and O–H groups in total. The first-order valence-corrected chi connectivity index (χ1v) is 5.91. The number of hydrogen-bond donors (Lipinski definition) is 1. The highest BCUT2D eigenvalue weighted by Crippen LogP contribution is 2.20. The Labute approximate surface area is 109 Å². The lowest BCUT2D eigenvalue weighted by atomic mass is 10.1. The minimum absolute atomic E-state index is 0.0810. The van der Waals surface area contributed by atoms with Gasteiger partial charge in [0.1, 0.15) is 0 Å². The van der Waals surface area contributed by atoms with Crippen LogP contribution in [-0.4, -0.2) is 20.0 Å². The second-order valence-corrected chi connectivity index (χ2v) is 4.27. The fourth-order valence-electron chi connectivity index (χ4n) is 1.94. The summed E-state index contributed by atoms with van der Waals surface area (Å²) in [5.41, 5.74) is 3.23. The summed E-state index contributed by atoms with van der Waals surface area (Å²) in [4.78, 5) is 14.1. The first-order valence-electron chi connectivity index (χ1n) is 5.91. The molecule has 0 saturated carbocycles. The molecule has 0 amide bonds. The highest BCUT2D eigenvalue weighted by atomic mass is 16.1. The number of aryl methyl sites for hydroxylation is 1. The maximum absolute atomic E-state index is 11.4. The van der Waals surface area contributed by atoms with Crippen LogP contribution in [0.1, 0.15) is 5.56 Å². The number of benzene rings is 1. The van der Waals surface area contributed by atoms with E-state index >= 15 is 0 Å². The van der Waals surface area contributed by atoms with Crippen LogP contribution in [0.3, 0.4) is 0 Å². The minimum Gasteiger partial charge on any atom is -0.328 e. The first-order chi connectivity index (χ1) is 9.25. The lowest BCUT2D eigenvalue weighted by molar-refractivity contribution is 0.807. The minimum atomic E-state index is -0.0810. The van der Waals surface area contributed by atoms with E-state index in [1.54, 1.807) is 24.0 Å². The zero-order valence-electron chi connectivity index (χ0n) is 10.4. The van der Waals surface area contributed by atoms with Crippen molar-refractivity contribution in [2.45, 2.75) is 6.92 Å². The number of aromatic nitrogens is 4. The van der Waals surface area contributed by atoms with Crippen LogP contribution >= 0.6 is 0 Å². The zero-order chi connectivity index (χ0) is 13.2. The Kier molecular flexibility index (Phi) is 2.72. The van der Waals surface area contributed by atoms with Gasteiger partial charge in [-0.15, -0.1) is 5.10 Å². The molecule has 5 nitrogen and oxygen atoms in total. The Balaban J connectivity index is 2.15. The van der Waals surface area contributed by atoms with Crippen molar-refractivity contribution in [2.24, 2.45) is 0 Å². The molecule has 2 aromatic heterocycles. The van der Waals surface area contributed by atoms with Crippen LogP contribution in [0.4, 0.5) is 0 Å². The van der Waals surface area contributed by atoms with Crippen molar-refractivity contribution in [2.75, 3.05) is 0 Å². The van der Waals surface area contributed by atoms with Gasteiger partial charge in [0.2, 0.25) is 0 Å². The Bertz CT molecular complexity index is 758. The Hall–Kier alpha value is -2.69. The van der Waals surface area contributed by atoms with Gasteiger partial charge in [0.05, 0.1) is 17.6 Å². The number of hydrogen-bond acceptors (Lipinski definition) is 3. The van der Waals surface area contributed by atoms with Gasteiger partial charge in [0.25, 0.3) is 5.56 Å². The van der Waals surface area contributed by atoms with Gasteiger partial charge < -0.3 is 4.98 Å². The summed E-state index contributed by atoms with van der Waals surface area (Å²) in [6.45, 7) is 1.78. The van der Waals surface area contributed by atoms with Crippen molar-refractivity contribution in [1.82, 2.24) is 20.0 Å². The molecule has 3 rings (SSSR count). The van der Waals surface area contributed by atoms with Gasteiger partial charge >= 0.3 is 0 Å². The molecule has 0 bridgehead atoms. The summed E-state index contributed by atoms with van der Waals surface area (Å²) in [6.07, 6.45) is 3.35. The van der Waals surface area contributed by atoms with Crippen LogP contribution in [0.25, 0.3) is 16.9 Å². The van der Waals surface area contributed by atoms with Gasteiger partial charge in [-0.2, -0.15) is 0 Å². The average Bonchev–Trinajstić information content (AvgIpc) is 2.92. The molecular weight excluding hydrogens is 240 g/mol. The van der Waals surface area contributed by atoms with Crippen molar-refractivity contribution in [3.63, 3.8) is 0 Å². The van der Waals surface area contributed by atoms with E-state index in [0.29, 0.717) is 5.56 Å². The van der Waals surface area contributed by atoms with E-state index < -0.39 is 0 Å². The van der Waals surface area contributed by atoms with Gasteiger partial charge in [-0.05, 0) is 25.1 Å². The fraction of sp³-hybridized carbons (Fsp3) is 0.0714. The molecule has 0 unspecified atom stereocenters. The first kappa shape index (κ1) is 11.4. The zero-order valence-corrected chi connectivity index (χ0v) is 10.4. The molecule has 1 aromatic carbocycles. The summed E-state index contributed by atoms with van der Waals surface area (Å²) in [5, 5.41) is 8.04. The van der Waals surface area contributed by atoms with E-state index in [-0.39, 0.29) is 5.56 Å². The van der Waals surface area contributed by atoms with Crippen molar-refractivity contribution in [3.8, 4) is 16.9 Å². The molecule has 5 heteroatoms. The second kappa shape index (κ2) is 4.53. The van der Waals surface area contributed by atoms with Crippen molar-refractivity contribution >= 4 is 0 Å². The molecule has 0 aliphatic rings. The average molecular weight is 252 g/mol. The normalized spacial score (nSPS) is 10.6. The molecule has 2 heterocycles. The van der Waals surface area contributed by atoms with Crippen LogP contribution in [0.5, 0.6) is 0 Å². The van der Waals surface area contributed by atoms with Gasteiger partial charge in [-0.25, -0.2) is 4.68 Å². The van der Waals surface area contributed by atoms with E-state index in [0.717, 1.165) is 16.9 Å². The Morgan fingerprint density at radius 3 is 2.74 bits per heavy atom. The summed E-state index contributed by atoms with van der Waals surface area (Å²) in [6, 6.07) is 11.6. The quantitative estimate of drug-likeness (QED) is 0.758. The van der Waals surface area contributed by atoms with Gasteiger partial charge in [0, 0.05) is 17.3 Å². The molecule has 0 saturated heterocycles. The van der Waals surface area contributed by atoms with Crippen LogP contribution < -0.4 is 5.56 Å². The van der Waals surface area contributed by atoms with E-state index in [1.807, 2.05) is 36.4 Å². The number of H-pyrrole nitrogens is 1. The summed E-state index contributed by atoms with van der Waals surface area (Å²) < 4.78 is 1.74. The van der Waals surface area contributed by atoms with Crippen LogP contribution in [-0.2, 0) is 0 Å². The van der Waals surface area contributed by atoms with E-state index in [9.17, 15) is 4.79 Å². The maximum atomic E-state index is 11.4. The standard InChI is InChI=1S/C14H12N4O/c1-10-7-11(8-15-14(10)19)13-9-16-17-18(13)12-5-3-2-4-6-12/h2-9H,1H3,(H,15,19). The molecule has 0 atom stereocenters. The highest BCUT2D eigenvalue weighted by Gasteiger charge is 2.09. The number of nitrogens with zero attached hydrogens (tertiary/aromatic N) is 3. The summed E-state index contributed by atoms with van der Waals surface area (Å²) >= 11 is 0. The fourth-order valence-corrected chi connectivity index (χ4v) is 1.94. The summed E-state index contributed by atoms with van der Waals surface area (Å²) in [5.74, 6) is 0. The SMILES string of the molecule is Cc1cc(-c2cnnn2-c2ccccc2)c[nH]c1=O. The molecule has 0 aliphatic carbocycles. The Morgan fingerprint density at radius 1 is 1.21 bits per heavy atom. The van der Waals surface area contributed by atoms with E-state index in [1.165, 1.54) is 0 Å². The monoisotopic (exact) mass is 252 g/mol. The maximum Gasteiger partial charge on any atom is 0.250 e. The number of para-hydroxylation sites is 1. The number of pyridine rings is 1. The molecular formula is C14H12N4O. The topological polar surface area (TPSA) is 63.6 Å². The largest absolute Gasteiger partial charge is 0.328 e. The molecule has 94 valence electrons. The van der Waals surface area contributed by atoms with Crippen LogP contribution in [0.2, 0.25) is 0 Å². The Morgan fingerprint density at radius 2 is 2.00 bits per heavy atom. The summed E-state index contributed by atoms with van der Waals surface area (Å²) in [7, 11) is 0. The lowest BCUT2D eigenvalue weighted by Gasteiger charge is -2.06. The smallest absolute Gasteiger partial charge is 0.250 e. The van der Waals surface area contributed by atoms with Gasteiger partial charge in [0.15, 0.2) is 0 Å². The second-order valence-electron chi connectivity index (χ2n) is 4.27. The molecule has 0 radical (unpaired) electrons. The van der Waals surface area contributed by atoms with E-state index in [4.69, 9.17) is 0 Å². The van der Waals surface area contributed by atoms with Crippen LogP contribution in [0.15, 0.2) is 53.6 Å².